The van der Waals surface area contributed by atoms with Gasteiger partial charge in [-0.3, -0.25) is 4.79 Å². The van der Waals surface area contributed by atoms with Gasteiger partial charge in [-0.1, -0.05) is 12.2 Å². The Hall–Kier alpha value is -1.73. The number of sulfonamides is 1. The summed E-state index contributed by atoms with van der Waals surface area (Å²) in [7, 11) is -3.95. The summed E-state index contributed by atoms with van der Waals surface area (Å²) in [4.78, 5) is 13.1. The van der Waals surface area contributed by atoms with Crippen LogP contribution in [0, 0.1) is 5.82 Å². The average molecular weight is 270 g/mol. The highest BCUT2D eigenvalue weighted by atomic mass is 32.2. The highest BCUT2D eigenvalue weighted by Crippen LogP contribution is 2.17. The summed E-state index contributed by atoms with van der Waals surface area (Å²) in [5.41, 5.74) is -0.287. The van der Waals surface area contributed by atoms with E-state index in [4.69, 9.17) is 5.14 Å². The van der Waals surface area contributed by atoms with Gasteiger partial charge in [0.15, 0.2) is 0 Å². The molecule has 0 fully saturated rings. The third kappa shape index (κ3) is 2.41. The quantitative estimate of drug-likeness (QED) is 0.794. The molecule has 1 aromatic carbocycles. The summed E-state index contributed by atoms with van der Waals surface area (Å²) in [5.74, 6) is -1.32. The number of benzene rings is 1. The third-order valence-corrected chi connectivity index (χ3v) is 3.51. The normalized spacial score (nSPS) is 15.1. The van der Waals surface area contributed by atoms with Gasteiger partial charge in [0.2, 0.25) is 10.0 Å². The lowest BCUT2D eigenvalue weighted by Crippen LogP contribution is -2.29. The SMILES string of the molecule is NS(=O)(=O)c1ccc(F)c(C(=O)N2CC=CC2)c1. The Morgan fingerprint density at radius 2 is 1.89 bits per heavy atom. The van der Waals surface area contributed by atoms with E-state index in [1.54, 1.807) is 12.2 Å². The maximum atomic E-state index is 13.6. The molecule has 0 saturated carbocycles. The van der Waals surface area contributed by atoms with Gasteiger partial charge < -0.3 is 4.90 Å². The molecule has 2 N–H and O–H groups in total. The van der Waals surface area contributed by atoms with E-state index in [1.165, 1.54) is 4.90 Å². The predicted octanol–water partition coefficient (Wildman–Crippen LogP) is 0.485. The van der Waals surface area contributed by atoms with Gasteiger partial charge in [0, 0.05) is 13.1 Å². The van der Waals surface area contributed by atoms with Crippen molar-refractivity contribution in [3.8, 4) is 0 Å². The lowest BCUT2D eigenvalue weighted by molar-refractivity contribution is 0.0795. The Balaban J connectivity index is 2.40. The molecule has 18 heavy (non-hydrogen) atoms. The standard InChI is InChI=1S/C11H11FN2O3S/c12-10-4-3-8(18(13,16)17)7-9(10)11(15)14-5-1-2-6-14/h1-4,7H,5-6H2,(H2,13,16,17). The molecule has 0 bridgehead atoms. The largest absolute Gasteiger partial charge is 0.331 e. The monoisotopic (exact) mass is 270 g/mol. The number of hydrogen-bond donors (Lipinski definition) is 1. The Kier molecular flexibility index (Phi) is 3.18. The Morgan fingerprint density at radius 3 is 2.44 bits per heavy atom. The Morgan fingerprint density at radius 1 is 1.28 bits per heavy atom. The van der Waals surface area contributed by atoms with Crippen molar-refractivity contribution in [2.24, 2.45) is 5.14 Å². The highest BCUT2D eigenvalue weighted by Gasteiger charge is 2.21. The van der Waals surface area contributed by atoms with E-state index < -0.39 is 21.7 Å². The van der Waals surface area contributed by atoms with Gasteiger partial charge in [-0.15, -0.1) is 0 Å². The topological polar surface area (TPSA) is 80.5 Å². The molecule has 7 heteroatoms. The molecule has 0 spiro atoms. The summed E-state index contributed by atoms with van der Waals surface area (Å²) in [6.07, 6.45) is 3.55. The summed E-state index contributed by atoms with van der Waals surface area (Å²) in [6.45, 7) is 0.774. The molecule has 0 aromatic heterocycles. The third-order valence-electron chi connectivity index (χ3n) is 2.60. The van der Waals surface area contributed by atoms with Crippen molar-refractivity contribution in [1.29, 1.82) is 0 Å². The smallest absolute Gasteiger partial charge is 0.257 e. The second kappa shape index (κ2) is 4.51. The lowest BCUT2D eigenvalue weighted by Gasteiger charge is -2.16. The number of carbonyl (C=O) groups excluding carboxylic acids is 1. The zero-order valence-corrected chi connectivity index (χ0v) is 10.2. The first-order valence-corrected chi connectivity index (χ1v) is 6.71. The minimum absolute atomic E-state index is 0.278. The van der Waals surface area contributed by atoms with Crippen molar-refractivity contribution in [2.45, 2.75) is 4.90 Å². The molecular weight excluding hydrogens is 259 g/mol. The lowest BCUT2D eigenvalue weighted by atomic mass is 10.2. The van der Waals surface area contributed by atoms with Crippen LogP contribution >= 0.6 is 0 Å². The fraction of sp³-hybridized carbons (Fsp3) is 0.182. The van der Waals surface area contributed by atoms with E-state index in [9.17, 15) is 17.6 Å². The summed E-state index contributed by atoms with van der Waals surface area (Å²) >= 11 is 0. The molecule has 1 amide bonds. The van der Waals surface area contributed by atoms with Crippen molar-refractivity contribution in [2.75, 3.05) is 13.1 Å². The Bertz CT molecular complexity index is 617. The zero-order valence-electron chi connectivity index (χ0n) is 9.34. The van der Waals surface area contributed by atoms with Crippen molar-refractivity contribution >= 4 is 15.9 Å². The van der Waals surface area contributed by atoms with Gasteiger partial charge in [-0.05, 0) is 18.2 Å². The maximum absolute atomic E-state index is 13.6. The highest BCUT2D eigenvalue weighted by molar-refractivity contribution is 7.89. The first kappa shape index (κ1) is 12.7. The van der Waals surface area contributed by atoms with E-state index >= 15 is 0 Å². The fourth-order valence-corrected chi connectivity index (χ4v) is 2.20. The Labute approximate surface area is 104 Å². The molecule has 1 aliphatic heterocycles. The van der Waals surface area contributed by atoms with Gasteiger partial charge in [0.25, 0.3) is 5.91 Å². The number of carbonyl (C=O) groups is 1. The minimum Gasteiger partial charge on any atom is -0.331 e. The number of primary sulfonamides is 1. The number of halogens is 1. The molecule has 5 nitrogen and oxygen atoms in total. The van der Waals surface area contributed by atoms with Crippen LogP contribution in [-0.4, -0.2) is 32.3 Å². The van der Waals surface area contributed by atoms with Crippen LogP contribution in [0.15, 0.2) is 35.2 Å². The fourth-order valence-electron chi connectivity index (χ4n) is 1.66. The van der Waals surface area contributed by atoms with Crippen molar-refractivity contribution in [1.82, 2.24) is 4.90 Å². The van der Waals surface area contributed by atoms with Crippen LogP contribution in [0.1, 0.15) is 10.4 Å². The molecule has 0 aliphatic carbocycles. The van der Waals surface area contributed by atoms with Crippen LogP contribution in [0.25, 0.3) is 0 Å². The number of amides is 1. The van der Waals surface area contributed by atoms with Gasteiger partial charge in [0.05, 0.1) is 10.5 Å². The molecular formula is C11H11FN2O3S. The van der Waals surface area contributed by atoms with Gasteiger partial charge in [-0.2, -0.15) is 0 Å². The van der Waals surface area contributed by atoms with Crippen LogP contribution in [-0.2, 0) is 10.0 Å². The second-order valence-corrected chi connectivity index (χ2v) is 5.43. The van der Waals surface area contributed by atoms with E-state index in [2.05, 4.69) is 0 Å². The van der Waals surface area contributed by atoms with Gasteiger partial charge in [0.1, 0.15) is 5.82 Å². The average Bonchev–Trinajstić information content (AvgIpc) is 2.80. The molecule has 0 radical (unpaired) electrons. The molecule has 1 heterocycles. The summed E-state index contributed by atoms with van der Waals surface area (Å²) in [6, 6.07) is 2.92. The summed E-state index contributed by atoms with van der Waals surface area (Å²) < 4.78 is 35.9. The van der Waals surface area contributed by atoms with Crippen LogP contribution in [0.4, 0.5) is 4.39 Å². The van der Waals surface area contributed by atoms with Crippen LogP contribution in [0.3, 0.4) is 0 Å². The van der Waals surface area contributed by atoms with Crippen molar-refractivity contribution in [3.63, 3.8) is 0 Å². The number of hydrogen-bond acceptors (Lipinski definition) is 3. The molecule has 1 aromatic rings. The van der Waals surface area contributed by atoms with E-state index in [0.29, 0.717) is 13.1 Å². The number of nitrogens with two attached hydrogens (primary N) is 1. The van der Waals surface area contributed by atoms with Gasteiger partial charge >= 0.3 is 0 Å². The number of nitrogens with zero attached hydrogens (tertiary/aromatic N) is 1. The van der Waals surface area contributed by atoms with E-state index in [-0.39, 0.29) is 10.5 Å². The summed E-state index contributed by atoms with van der Waals surface area (Å²) in [5, 5.41) is 4.94. The second-order valence-electron chi connectivity index (χ2n) is 3.87. The van der Waals surface area contributed by atoms with E-state index in [0.717, 1.165) is 18.2 Å². The first-order valence-electron chi connectivity index (χ1n) is 5.16. The van der Waals surface area contributed by atoms with Crippen LogP contribution in [0.5, 0.6) is 0 Å². The number of rotatable bonds is 2. The molecule has 96 valence electrons. The van der Waals surface area contributed by atoms with Crippen molar-refractivity contribution in [3.05, 3.63) is 41.7 Å². The molecule has 0 unspecified atom stereocenters. The molecule has 0 atom stereocenters. The van der Waals surface area contributed by atoms with Crippen molar-refractivity contribution < 1.29 is 17.6 Å². The van der Waals surface area contributed by atoms with Crippen LogP contribution < -0.4 is 5.14 Å². The van der Waals surface area contributed by atoms with E-state index in [1.807, 2.05) is 0 Å². The molecule has 0 saturated heterocycles. The van der Waals surface area contributed by atoms with Gasteiger partial charge in [-0.25, -0.2) is 17.9 Å². The van der Waals surface area contributed by atoms with Crippen LogP contribution in [0.2, 0.25) is 0 Å². The first-order chi connectivity index (χ1) is 8.39. The minimum atomic E-state index is -3.95. The predicted molar refractivity (Wildman–Crippen MR) is 62.8 cm³/mol. The molecule has 1 aliphatic rings. The maximum Gasteiger partial charge on any atom is 0.257 e. The zero-order chi connectivity index (χ0) is 13.3. The molecule has 2 rings (SSSR count).